The van der Waals surface area contributed by atoms with E-state index in [1.165, 1.54) is 4.90 Å². The van der Waals surface area contributed by atoms with Crippen molar-refractivity contribution in [2.75, 3.05) is 26.2 Å². The molecular formula is C28H42N6O4. The molecule has 10 nitrogen and oxygen atoms in total. The first kappa shape index (κ1) is 30.8. The molecule has 0 saturated carbocycles. The third kappa shape index (κ3) is 10.9. The van der Waals surface area contributed by atoms with Crippen LogP contribution in [0.1, 0.15) is 37.8 Å². The normalized spacial score (nSPS) is 12.5. The van der Waals surface area contributed by atoms with Crippen LogP contribution in [0.4, 0.5) is 0 Å². The molecule has 208 valence electrons. The lowest BCUT2D eigenvalue weighted by molar-refractivity contribution is -0.135. The highest BCUT2D eigenvalue weighted by atomic mass is 16.5. The van der Waals surface area contributed by atoms with Crippen LogP contribution in [0.3, 0.4) is 0 Å². The molecular weight excluding hydrogens is 484 g/mol. The molecule has 0 aliphatic rings. The van der Waals surface area contributed by atoms with Gasteiger partial charge in [0.05, 0.1) is 18.6 Å². The number of nitrogens with zero attached hydrogens (tertiary/aromatic N) is 1. The van der Waals surface area contributed by atoms with Gasteiger partial charge in [0.1, 0.15) is 11.8 Å². The van der Waals surface area contributed by atoms with Gasteiger partial charge in [-0.1, -0.05) is 42.5 Å². The molecule has 0 bridgehead atoms. The maximum atomic E-state index is 13.2. The molecule has 10 heteroatoms. The molecule has 2 aromatic rings. The van der Waals surface area contributed by atoms with E-state index < -0.39 is 18.0 Å². The first-order valence-electron chi connectivity index (χ1n) is 13.0. The van der Waals surface area contributed by atoms with Gasteiger partial charge in [0.15, 0.2) is 0 Å². The van der Waals surface area contributed by atoms with Crippen LogP contribution < -0.4 is 32.6 Å². The highest BCUT2D eigenvalue weighted by molar-refractivity contribution is 5.92. The van der Waals surface area contributed by atoms with E-state index in [1.54, 1.807) is 0 Å². The zero-order chi connectivity index (χ0) is 27.9. The lowest BCUT2D eigenvalue weighted by Gasteiger charge is -2.24. The minimum Gasteiger partial charge on any atom is -0.491 e. The van der Waals surface area contributed by atoms with E-state index in [-0.39, 0.29) is 44.0 Å². The summed E-state index contributed by atoms with van der Waals surface area (Å²) in [5.41, 5.74) is 19.1. The average Bonchev–Trinajstić information content (AvgIpc) is 2.89. The quantitative estimate of drug-likeness (QED) is 0.214. The summed E-state index contributed by atoms with van der Waals surface area (Å²) in [5, 5.41) is 5.65. The number of amides is 3. The molecule has 0 aromatic heterocycles. The topological polar surface area (TPSA) is 166 Å². The minimum absolute atomic E-state index is 0.0335. The number of ether oxygens (including phenoxy) is 1. The lowest BCUT2D eigenvalue weighted by Crippen LogP contribution is -2.53. The Hall–Kier alpha value is -3.47. The van der Waals surface area contributed by atoms with Crippen LogP contribution in [0.5, 0.6) is 5.75 Å². The molecule has 0 fully saturated rings. The summed E-state index contributed by atoms with van der Waals surface area (Å²) in [4.78, 5) is 40.1. The molecule has 0 saturated heterocycles. The third-order valence-corrected chi connectivity index (χ3v) is 5.82. The smallest absolute Gasteiger partial charge is 0.242 e. The van der Waals surface area contributed by atoms with Crippen LogP contribution in [0, 0.1) is 0 Å². The van der Waals surface area contributed by atoms with Gasteiger partial charge >= 0.3 is 0 Å². The van der Waals surface area contributed by atoms with Gasteiger partial charge in [-0.05, 0) is 49.9 Å². The molecule has 0 radical (unpaired) electrons. The van der Waals surface area contributed by atoms with Gasteiger partial charge < -0.3 is 37.5 Å². The van der Waals surface area contributed by atoms with Crippen molar-refractivity contribution < 1.29 is 19.1 Å². The molecule has 0 spiro atoms. The Kier molecular flexibility index (Phi) is 13.3. The van der Waals surface area contributed by atoms with Crippen molar-refractivity contribution in [3.05, 3.63) is 65.7 Å². The summed E-state index contributed by atoms with van der Waals surface area (Å²) in [7, 11) is 0. The zero-order valence-electron chi connectivity index (χ0n) is 22.4. The summed E-state index contributed by atoms with van der Waals surface area (Å²) in [6.07, 6.45) is 0.768. The number of rotatable bonds is 16. The van der Waals surface area contributed by atoms with E-state index in [2.05, 4.69) is 10.6 Å². The van der Waals surface area contributed by atoms with Gasteiger partial charge in [0, 0.05) is 32.7 Å². The molecule has 8 N–H and O–H groups in total. The highest BCUT2D eigenvalue weighted by Gasteiger charge is 2.26. The van der Waals surface area contributed by atoms with E-state index in [0.717, 1.165) is 16.9 Å². The largest absolute Gasteiger partial charge is 0.491 e. The molecule has 38 heavy (non-hydrogen) atoms. The molecule has 0 aliphatic carbocycles. The van der Waals surface area contributed by atoms with Crippen LogP contribution in [0.2, 0.25) is 0 Å². The Morgan fingerprint density at radius 1 is 0.921 bits per heavy atom. The van der Waals surface area contributed by atoms with Gasteiger partial charge in [0.25, 0.3) is 0 Å². The average molecular weight is 527 g/mol. The van der Waals surface area contributed by atoms with Crippen LogP contribution in [-0.4, -0.2) is 67.0 Å². The van der Waals surface area contributed by atoms with E-state index in [9.17, 15) is 14.4 Å². The molecule has 2 rings (SSSR count). The maximum absolute atomic E-state index is 13.2. The Morgan fingerprint density at radius 2 is 1.58 bits per heavy atom. The summed E-state index contributed by atoms with van der Waals surface area (Å²) in [6, 6.07) is 15.2. The van der Waals surface area contributed by atoms with Crippen LogP contribution in [-0.2, 0) is 27.3 Å². The summed E-state index contributed by atoms with van der Waals surface area (Å²) < 4.78 is 5.73. The molecule has 2 unspecified atom stereocenters. The van der Waals surface area contributed by atoms with Gasteiger partial charge in [0.2, 0.25) is 17.7 Å². The second-order valence-corrected chi connectivity index (χ2v) is 9.39. The zero-order valence-corrected chi connectivity index (χ0v) is 22.4. The number of benzene rings is 2. The van der Waals surface area contributed by atoms with E-state index in [4.69, 9.17) is 21.9 Å². The number of nitrogens with one attached hydrogen (secondary N) is 2. The lowest BCUT2D eigenvalue weighted by atomic mass is 10.0. The molecule has 2 atom stereocenters. The van der Waals surface area contributed by atoms with Crippen molar-refractivity contribution in [1.29, 1.82) is 0 Å². The Labute approximate surface area is 225 Å². The van der Waals surface area contributed by atoms with Gasteiger partial charge in [-0.25, -0.2) is 0 Å². The maximum Gasteiger partial charge on any atom is 0.242 e. The molecule has 0 heterocycles. The molecule has 3 amide bonds. The number of hydrogen-bond acceptors (Lipinski definition) is 7. The number of carbonyl (C=O) groups excluding carboxylic acids is 3. The van der Waals surface area contributed by atoms with Gasteiger partial charge in [-0.2, -0.15) is 0 Å². The van der Waals surface area contributed by atoms with E-state index >= 15 is 0 Å². The fourth-order valence-electron chi connectivity index (χ4n) is 3.90. The standard InChI is InChI=1S/C28H42N6O4/c1-20(2)38-23-10-6-9-22(17-23)19-32-28(37)25(12-11-21-7-4-3-5-8-21)33-27(36)24(31)18-26(35)34(15-13-29)16-14-30/h3-10,17,20,24-25H,11-16,18-19,29-31H2,1-2H3,(H,32,37)(H,33,36). The van der Waals surface area contributed by atoms with Crippen LogP contribution in [0.25, 0.3) is 0 Å². The fraction of sp³-hybridized carbons (Fsp3) is 0.464. The minimum atomic E-state index is -1.11. The fourth-order valence-corrected chi connectivity index (χ4v) is 3.90. The summed E-state index contributed by atoms with van der Waals surface area (Å²) in [5.74, 6) is -0.498. The third-order valence-electron chi connectivity index (χ3n) is 5.82. The van der Waals surface area contributed by atoms with Crippen molar-refractivity contribution in [2.24, 2.45) is 17.2 Å². The first-order valence-corrected chi connectivity index (χ1v) is 13.0. The summed E-state index contributed by atoms with van der Waals surface area (Å²) >= 11 is 0. The number of aryl methyl sites for hydroxylation is 1. The number of nitrogens with two attached hydrogens (primary N) is 3. The van der Waals surface area contributed by atoms with Gasteiger partial charge in [-0.3, -0.25) is 14.4 Å². The van der Waals surface area contributed by atoms with Crippen molar-refractivity contribution in [3.8, 4) is 5.75 Å². The predicted octanol–water partition coefficient (Wildman–Crippen LogP) is 0.671. The first-order chi connectivity index (χ1) is 18.2. The Morgan fingerprint density at radius 3 is 2.21 bits per heavy atom. The van der Waals surface area contributed by atoms with Crippen molar-refractivity contribution in [3.63, 3.8) is 0 Å². The Balaban J connectivity index is 2.05. The van der Waals surface area contributed by atoms with Gasteiger partial charge in [-0.15, -0.1) is 0 Å². The number of hydrogen-bond donors (Lipinski definition) is 5. The summed E-state index contributed by atoms with van der Waals surface area (Å²) in [6.45, 7) is 5.37. The van der Waals surface area contributed by atoms with Crippen molar-refractivity contribution in [2.45, 2.75) is 57.8 Å². The van der Waals surface area contributed by atoms with Crippen LogP contribution in [0.15, 0.2) is 54.6 Å². The van der Waals surface area contributed by atoms with Crippen molar-refractivity contribution in [1.82, 2.24) is 15.5 Å². The second kappa shape index (κ2) is 16.4. The van der Waals surface area contributed by atoms with Crippen molar-refractivity contribution >= 4 is 17.7 Å². The number of carbonyl (C=O) groups is 3. The predicted molar refractivity (Wildman–Crippen MR) is 148 cm³/mol. The highest BCUT2D eigenvalue weighted by Crippen LogP contribution is 2.15. The molecule has 2 aromatic carbocycles. The van der Waals surface area contributed by atoms with E-state index in [0.29, 0.717) is 25.9 Å². The Bertz CT molecular complexity index is 1010. The molecule has 0 aliphatic heterocycles. The SMILES string of the molecule is CC(C)Oc1cccc(CNC(=O)C(CCc2ccccc2)NC(=O)C(N)CC(=O)N(CCN)CCN)c1. The van der Waals surface area contributed by atoms with E-state index in [1.807, 2.05) is 68.4 Å². The van der Waals surface area contributed by atoms with Crippen LogP contribution >= 0.6 is 0 Å². The second-order valence-electron chi connectivity index (χ2n) is 9.39. The monoisotopic (exact) mass is 526 g/mol.